The van der Waals surface area contributed by atoms with Gasteiger partial charge in [0.2, 0.25) is 5.91 Å². The number of nitrogens with zero attached hydrogens (tertiary/aromatic N) is 2. The van der Waals surface area contributed by atoms with Crippen molar-refractivity contribution in [2.24, 2.45) is 5.92 Å². The largest absolute Gasteiger partial charge is 0.343 e. The topological polar surface area (TPSA) is 23.6 Å². The Morgan fingerprint density at radius 3 is 2.38 bits per heavy atom. The zero-order chi connectivity index (χ0) is 11.5. The maximum atomic E-state index is 12.2. The lowest BCUT2D eigenvalue weighted by atomic mass is 9.95. The quantitative estimate of drug-likeness (QED) is 0.726. The van der Waals surface area contributed by atoms with E-state index in [4.69, 9.17) is 0 Å². The van der Waals surface area contributed by atoms with Gasteiger partial charge in [-0.3, -0.25) is 4.79 Å². The Kier molecular flexibility index (Phi) is 3.85. The number of rotatable bonds is 4. The summed E-state index contributed by atoms with van der Waals surface area (Å²) < 4.78 is 0. The summed E-state index contributed by atoms with van der Waals surface area (Å²) in [6.45, 7) is 5.64. The highest BCUT2D eigenvalue weighted by atomic mass is 16.2. The van der Waals surface area contributed by atoms with Crippen molar-refractivity contribution < 1.29 is 4.79 Å². The van der Waals surface area contributed by atoms with Gasteiger partial charge in [-0.15, -0.1) is 0 Å². The van der Waals surface area contributed by atoms with Crippen LogP contribution in [0.4, 0.5) is 0 Å². The molecule has 2 fully saturated rings. The minimum atomic E-state index is 0.304. The summed E-state index contributed by atoms with van der Waals surface area (Å²) in [5.74, 6) is 0.706. The lowest BCUT2D eigenvalue weighted by Gasteiger charge is -2.33. The normalized spacial score (nSPS) is 23.4. The fourth-order valence-corrected chi connectivity index (χ4v) is 2.65. The average Bonchev–Trinajstić information content (AvgIpc) is 3.12. The highest BCUT2D eigenvalue weighted by molar-refractivity contribution is 5.79. The molecule has 0 spiro atoms. The molecule has 1 amide bonds. The molecule has 0 radical (unpaired) electrons. The Labute approximate surface area is 98.8 Å². The third kappa shape index (κ3) is 2.76. The zero-order valence-electron chi connectivity index (χ0n) is 10.6. The highest BCUT2D eigenvalue weighted by Crippen LogP contribution is 2.28. The Morgan fingerprint density at radius 2 is 1.88 bits per heavy atom. The molecule has 0 unspecified atom stereocenters. The van der Waals surface area contributed by atoms with Gasteiger partial charge in [-0.25, -0.2) is 0 Å². The Bertz CT molecular complexity index is 242. The van der Waals surface area contributed by atoms with E-state index in [1.165, 1.54) is 25.8 Å². The summed E-state index contributed by atoms with van der Waals surface area (Å²) in [5.41, 5.74) is 0. The van der Waals surface area contributed by atoms with Crippen LogP contribution in [0.5, 0.6) is 0 Å². The van der Waals surface area contributed by atoms with E-state index in [-0.39, 0.29) is 0 Å². The number of likely N-dealkylation sites (tertiary alicyclic amines) is 1. The second-order valence-electron chi connectivity index (χ2n) is 5.30. The van der Waals surface area contributed by atoms with E-state index < -0.39 is 0 Å². The number of amides is 1. The Morgan fingerprint density at radius 1 is 1.25 bits per heavy atom. The number of piperidine rings is 1. The molecule has 0 atom stereocenters. The molecule has 0 aromatic rings. The molecule has 3 nitrogen and oxygen atoms in total. The monoisotopic (exact) mass is 224 g/mol. The van der Waals surface area contributed by atoms with Gasteiger partial charge in [-0.05, 0) is 51.7 Å². The van der Waals surface area contributed by atoms with E-state index >= 15 is 0 Å². The van der Waals surface area contributed by atoms with Crippen LogP contribution in [0.15, 0.2) is 0 Å². The molecule has 16 heavy (non-hydrogen) atoms. The first-order valence-corrected chi connectivity index (χ1v) is 6.71. The number of hydrogen-bond acceptors (Lipinski definition) is 2. The van der Waals surface area contributed by atoms with Gasteiger partial charge >= 0.3 is 0 Å². The predicted octanol–water partition coefficient (Wildman–Crippen LogP) is 1.73. The van der Waals surface area contributed by atoms with Crippen LogP contribution in [0.2, 0.25) is 0 Å². The minimum absolute atomic E-state index is 0.304. The molecule has 1 saturated carbocycles. The lowest BCUT2D eigenvalue weighted by Crippen LogP contribution is -2.42. The summed E-state index contributed by atoms with van der Waals surface area (Å²) >= 11 is 0. The molecule has 1 saturated heterocycles. The summed E-state index contributed by atoms with van der Waals surface area (Å²) in [7, 11) is 1.98. The minimum Gasteiger partial charge on any atom is -0.343 e. The molecule has 92 valence electrons. The van der Waals surface area contributed by atoms with Gasteiger partial charge in [0.25, 0.3) is 0 Å². The van der Waals surface area contributed by atoms with Crippen LogP contribution in [0.3, 0.4) is 0 Å². The van der Waals surface area contributed by atoms with Crippen LogP contribution in [0.25, 0.3) is 0 Å². The van der Waals surface area contributed by atoms with Crippen LogP contribution < -0.4 is 0 Å². The third-order valence-corrected chi connectivity index (χ3v) is 3.92. The van der Waals surface area contributed by atoms with Crippen LogP contribution in [-0.2, 0) is 4.79 Å². The van der Waals surface area contributed by atoms with Gasteiger partial charge in [-0.2, -0.15) is 0 Å². The van der Waals surface area contributed by atoms with E-state index in [9.17, 15) is 4.79 Å². The maximum absolute atomic E-state index is 12.2. The number of carbonyl (C=O) groups is 1. The number of carbonyl (C=O) groups excluding carboxylic acids is 1. The van der Waals surface area contributed by atoms with Gasteiger partial charge in [0.1, 0.15) is 0 Å². The van der Waals surface area contributed by atoms with Crippen molar-refractivity contribution in [2.75, 3.05) is 26.7 Å². The third-order valence-electron chi connectivity index (χ3n) is 3.92. The van der Waals surface area contributed by atoms with E-state index in [1.807, 2.05) is 11.9 Å². The molecular weight excluding hydrogens is 200 g/mol. The van der Waals surface area contributed by atoms with Gasteiger partial charge in [0.15, 0.2) is 0 Å². The summed E-state index contributed by atoms with van der Waals surface area (Å²) in [5, 5.41) is 0. The fourth-order valence-electron chi connectivity index (χ4n) is 2.65. The summed E-state index contributed by atoms with van der Waals surface area (Å²) in [6.07, 6.45) is 5.79. The van der Waals surface area contributed by atoms with Crippen LogP contribution in [-0.4, -0.2) is 48.4 Å². The van der Waals surface area contributed by atoms with E-state index in [2.05, 4.69) is 11.8 Å². The van der Waals surface area contributed by atoms with Gasteiger partial charge in [0, 0.05) is 19.0 Å². The molecule has 0 N–H and O–H groups in total. The summed E-state index contributed by atoms with van der Waals surface area (Å²) in [4.78, 5) is 16.6. The molecule has 0 aromatic heterocycles. The fraction of sp³-hybridized carbons (Fsp3) is 0.923. The molecule has 3 heteroatoms. The van der Waals surface area contributed by atoms with Crippen molar-refractivity contribution in [1.29, 1.82) is 0 Å². The zero-order valence-corrected chi connectivity index (χ0v) is 10.6. The SMILES string of the molecule is CCCN1CCC(C(=O)N(C)C2CC2)CC1. The number of hydrogen-bond donors (Lipinski definition) is 0. The highest BCUT2D eigenvalue weighted by Gasteiger charge is 2.34. The standard InChI is InChI=1S/C13H24N2O/c1-3-8-15-9-6-11(7-10-15)13(16)14(2)12-4-5-12/h11-12H,3-10H2,1-2H3. The molecular formula is C13H24N2O. The second-order valence-corrected chi connectivity index (χ2v) is 5.30. The first kappa shape index (κ1) is 11.9. The first-order chi connectivity index (χ1) is 7.72. The smallest absolute Gasteiger partial charge is 0.225 e. The van der Waals surface area contributed by atoms with E-state index in [1.54, 1.807) is 0 Å². The predicted molar refractivity (Wildman–Crippen MR) is 65.2 cm³/mol. The molecule has 1 aliphatic heterocycles. The van der Waals surface area contributed by atoms with Crippen molar-refractivity contribution in [3.63, 3.8) is 0 Å². The van der Waals surface area contributed by atoms with Crippen LogP contribution in [0, 0.1) is 5.92 Å². The first-order valence-electron chi connectivity index (χ1n) is 6.71. The maximum Gasteiger partial charge on any atom is 0.225 e. The van der Waals surface area contributed by atoms with E-state index in [0.717, 1.165) is 25.9 Å². The van der Waals surface area contributed by atoms with Gasteiger partial charge < -0.3 is 9.80 Å². The van der Waals surface area contributed by atoms with Gasteiger partial charge in [0.05, 0.1) is 0 Å². The molecule has 0 aromatic carbocycles. The second kappa shape index (κ2) is 5.17. The van der Waals surface area contributed by atoms with Crippen molar-refractivity contribution >= 4 is 5.91 Å². The van der Waals surface area contributed by atoms with Gasteiger partial charge in [-0.1, -0.05) is 6.92 Å². The molecule has 2 aliphatic rings. The molecule has 2 rings (SSSR count). The Balaban J connectivity index is 1.77. The lowest BCUT2D eigenvalue weighted by molar-refractivity contribution is -0.136. The van der Waals surface area contributed by atoms with E-state index in [0.29, 0.717) is 17.9 Å². The molecule has 1 heterocycles. The van der Waals surface area contributed by atoms with Crippen LogP contribution in [0.1, 0.15) is 39.0 Å². The van der Waals surface area contributed by atoms with Crippen molar-refractivity contribution in [3.8, 4) is 0 Å². The van der Waals surface area contributed by atoms with Crippen molar-refractivity contribution in [1.82, 2.24) is 9.80 Å². The molecule has 1 aliphatic carbocycles. The average molecular weight is 224 g/mol. The van der Waals surface area contributed by atoms with Crippen LogP contribution >= 0.6 is 0 Å². The summed E-state index contributed by atoms with van der Waals surface area (Å²) in [6, 6.07) is 0.571. The Hall–Kier alpha value is -0.570. The molecule has 0 bridgehead atoms. The van der Waals surface area contributed by atoms with Crippen molar-refractivity contribution in [3.05, 3.63) is 0 Å². The van der Waals surface area contributed by atoms with Crippen molar-refractivity contribution in [2.45, 2.75) is 45.1 Å².